The van der Waals surface area contributed by atoms with Crippen LogP contribution >= 0.6 is 0 Å². The average Bonchev–Trinajstić information content (AvgIpc) is 1.99. The summed E-state index contributed by atoms with van der Waals surface area (Å²) in [6.07, 6.45) is 3.80. The maximum absolute atomic E-state index is 12.3. The summed E-state index contributed by atoms with van der Waals surface area (Å²) in [4.78, 5) is 0. The van der Waals surface area contributed by atoms with E-state index in [0.717, 1.165) is 18.5 Å². The molecular weight excluding hydrogens is 177 g/mol. The molecule has 0 amide bonds. The van der Waals surface area contributed by atoms with Gasteiger partial charge in [-0.2, -0.15) is 0 Å². The van der Waals surface area contributed by atoms with Crippen molar-refractivity contribution in [1.82, 2.24) is 5.32 Å². The monoisotopic (exact) mass is 197 g/mol. The van der Waals surface area contributed by atoms with Gasteiger partial charge in [-0.15, -0.1) is 0 Å². The molecule has 0 radical (unpaired) electrons. The lowest BCUT2D eigenvalue weighted by Gasteiger charge is -2.25. The molecule has 2 heteroatoms. The highest BCUT2D eigenvalue weighted by Crippen LogP contribution is 2.15. The summed E-state index contributed by atoms with van der Waals surface area (Å²) in [6, 6.07) is 0. The first-order valence-electron chi connectivity index (χ1n) is 4.82. The topological polar surface area (TPSA) is 12.0 Å². The number of nitrogens with one attached hydrogen (secondary N) is 1. The molecule has 80 valence electrons. The zero-order chi connectivity index (χ0) is 11.2. The van der Waals surface area contributed by atoms with Crippen LogP contribution in [0.4, 0.5) is 4.39 Å². The van der Waals surface area contributed by atoms with E-state index < -0.39 is 5.83 Å². The molecule has 0 spiro atoms. The average molecular weight is 197 g/mol. The second kappa shape index (κ2) is 5.76. The summed E-state index contributed by atoms with van der Waals surface area (Å²) in [5, 5.41) is 3.33. The molecule has 0 aromatic rings. The second-order valence-corrected chi connectivity index (χ2v) is 4.03. The summed E-state index contributed by atoms with van der Waals surface area (Å²) in [7, 11) is 0. The van der Waals surface area contributed by atoms with Gasteiger partial charge in [-0.25, -0.2) is 4.39 Å². The standard InChI is InChI=1S/C12H20FN/c1-6-14-12(4,5)9-10(2)7-8-11(3)13/h7-8,14H,2-3,6,9H2,1,4-5H3/b8-7-. The van der Waals surface area contributed by atoms with Crippen LogP contribution in [0.25, 0.3) is 0 Å². The van der Waals surface area contributed by atoms with Gasteiger partial charge in [0.05, 0.1) is 0 Å². The third-order valence-corrected chi connectivity index (χ3v) is 1.82. The fourth-order valence-electron chi connectivity index (χ4n) is 1.38. The van der Waals surface area contributed by atoms with E-state index in [2.05, 4.69) is 39.2 Å². The van der Waals surface area contributed by atoms with Crippen LogP contribution in [0.1, 0.15) is 27.2 Å². The third kappa shape index (κ3) is 6.61. The van der Waals surface area contributed by atoms with Gasteiger partial charge < -0.3 is 5.32 Å². The number of allylic oxidation sites excluding steroid dienone is 3. The van der Waals surface area contributed by atoms with Gasteiger partial charge in [0.1, 0.15) is 5.83 Å². The molecule has 0 fully saturated rings. The minimum absolute atomic E-state index is 0.00776. The predicted molar refractivity (Wildman–Crippen MR) is 60.9 cm³/mol. The summed E-state index contributed by atoms with van der Waals surface area (Å²) in [6.45, 7) is 14.2. The van der Waals surface area contributed by atoms with E-state index in [1.165, 1.54) is 6.08 Å². The SMILES string of the molecule is C=C(F)/C=C\C(=C)CC(C)(C)NCC. The molecule has 0 aliphatic heterocycles. The maximum Gasteiger partial charge on any atom is 0.116 e. The molecule has 0 rings (SSSR count). The van der Waals surface area contributed by atoms with E-state index in [0.29, 0.717) is 0 Å². The minimum atomic E-state index is -0.438. The van der Waals surface area contributed by atoms with Gasteiger partial charge in [-0.1, -0.05) is 31.7 Å². The minimum Gasteiger partial charge on any atom is -0.312 e. The second-order valence-electron chi connectivity index (χ2n) is 4.03. The first kappa shape index (κ1) is 13.1. The fourth-order valence-corrected chi connectivity index (χ4v) is 1.38. The van der Waals surface area contributed by atoms with Crippen molar-refractivity contribution in [2.45, 2.75) is 32.7 Å². The van der Waals surface area contributed by atoms with Crippen molar-refractivity contribution in [3.8, 4) is 0 Å². The van der Waals surface area contributed by atoms with Gasteiger partial charge >= 0.3 is 0 Å². The van der Waals surface area contributed by atoms with E-state index in [-0.39, 0.29) is 5.54 Å². The van der Waals surface area contributed by atoms with Crippen molar-refractivity contribution in [1.29, 1.82) is 0 Å². The molecule has 0 heterocycles. The molecule has 0 unspecified atom stereocenters. The van der Waals surface area contributed by atoms with Crippen LogP contribution < -0.4 is 5.32 Å². The molecule has 1 N–H and O–H groups in total. The Morgan fingerprint density at radius 3 is 2.36 bits per heavy atom. The van der Waals surface area contributed by atoms with E-state index >= 15 is 0 Å². The van der Waals surface area contributed by atoms with Crippen LogP contribution in [0.15, 0.2) is 36.7 Å². The van der Waals surface area contributed by atoms with Gasteiger partial charge in [0, 0.05) is 5.54 Å². The van der Waals surface area contributed by atoms with Crippen LogP contribution in [0.5, 0.6) is 0 Å². The zero-order valence-corrected chi connectivity index (χ0v) is 9.36. The quantitative estimate of drug-likeness (QED) is 0.644. The molecule has 14 heavy (non-hydrogen) atoms. The Kier molecular flexibility index (Phi) is 5.39. The van der Waals surface area contributed by atoms with E-state index in [1.54, 1.807) is 6.08 Å². The van der Waals surface area contributed by atoms with Gasteiger partial charge in [-0.05, 0) is 32.9 Å². The molecule has 0 aliphatic carbocycles. The van der Waals surface area contributed by atoms with Crippen molar-refractivity contribution in [3.05, 3.63) is 36.7 Å². The first-order valence-corrected chi connectivity index (χ1v) is 4.82. The summed E-state index contributed by atoms with van der Waals surface area (Å²) in [5.74, 6) is -0.438. The molecule has 0 bridgehead atoms. The molecule has 0 aromatic heterocycles. The highest BCUT2D eigenvalue weighted by Gasteiger charge is 2.15. The Labute approximate surface area is 86.4 Å². The first-order chi connectivity index (χ1) is 6.37. The van der Waals surface area contributed by atoms with Crippen molar-refractivity contribution >= 4 is 0 Å². The summed E-state index contributed by atoms with van der Waals surface area (Å²) >= 11 is 0. The van der Waals surface area contributed by atoms with Crippen LogP contribution in [-0.4, -0.2) is 12.1 Å². The Morgan fingerprint density at radius 2 is 1.93 bits per heavy atom. The fraction of sp³-hybridized carbons (Fsp3) is 0.500. The molecule has 0 saturated carbocycles. The van der Waals surface area contributed by atoms with E-state index in [4.69, 9.17) is 0 Å². The Hall–Kier alpha value is -0.890. The Morgan fingerprint density at radius 1 is 1.36 bits per heavy atom. The lowest BCUT2D eigenvalue weighted by Crippen LogP contribution is -2.39. The van der Waals surface area contributed by atoms with E-state index in [1.807, 2.05) is 0 Å². The summed E-state index contributed by atoms with van der Waals surface area (Å²) < 4.78 is 12.3. The highest BCUT2D eigenvalue weighted by molar-refractivity contribution is 5.22. The lowest BCUT2D eigenvalue weighted by molar-refractivity contribution is 0.399. The van der Waals surface area contributed by atoms with E-state index in [9.17, 15) is 4.39 Å². The maximum atomic E-state index is 12.3. The smallest absolute Gasteiger partial charge is 0.116 e. The lowest BCUT2D eigenvalue weighted by atomic mass is 9.95. The molecule has 0 atom stereocenters. The predicted octanol–water partition coefficient (Wildman–Crippen LogP) is 3.36. The van der Waals surface area contributed by atoms with Crippen LogP contribution in [-0.2, 0) is 0 Å². The highest BCUT2D eigenvalue weighted by atomic mass is 19.1. The Balaban J connectivity index is 4.11. The van der Waals surface area contributed by atoms with Crippen molar-refractivity contribution in [2.75, 3.05) is 6.54 Å². The molecule has 0 aromatic carbocycles. The molecule has 0 saturated heterocycles. The zero-order valence-electron chi connectivity index (χ0n) is 9.36. The van der Waals surface area contributed by atoms with Crippen LogP contribution in [0.2, 0.25) is 0 Å². The normalized spacial score (nSPS) is 12.0. The van der Waals surface area contributed by atoms with Gasteiger partial charge in [0.2, 0.25) is 0 Å². The van der Waals surface area contributed by atoms with Gasteiger partial charge in [0.25, 0.3) is 0 Å². The van der Waals surface area contributed by atoms with Crippen molar-refractivity contribution in [3.63, 3.8) is 0 Å². The number of rotatable bonds is 6. The largest absolute Gasteiger partial charge is 0.312 e. The molecule has 1 nitrogen and oxygen atoms in total. The number of hydrogen-bond donors (Lipinski definition) is 1. The summed E-state index contributed by atoms with van der Waals surface area (Å²) in [5.41, 5.74) is 0.906. The van der Waals surface area contributed by atoms with Crippen LogP contribution in [0, 0.1) is 0 Å². The Bertz CT molecular complexity index is 239. The third-order valence-electron chi connectivity index (χ3n) is 1.82. The van der Waals surface area contributed by atoms with Crippen molar-refractivity contribution in [2.24, 2.45) is 0 Å². The molecular formula is C12H20FN. The van der Waals surface area contributed by atoms with Gasteiger partial charge in [0.15, 0.2) is 0 Å². The number of halogens is 1. The molecule has 0 aliphatic rings. The van der Waals surface area contributed by atoms with Gasteiger partial charge in [-0.3, -0.25) is 0 Å². The van der Waals surface area contributed by atoms with Crippen LogP contribution in [0.3, 0.4) is 0 Å². The number of hydrogen-bond acceptors (Lipinski definition) is 1. The van der Waals surface area contributed by atoms with Crippen molar-refractivity contribution < 1.29 is 4.39 Å².